The third-order valence-electron chi connectivity index (χ3n) is 22.6. The summed E-state index contributed by atoms with van der Waals surface area (Å²) in [5.41, 5.74) is 11.6. The zero-order chi connectivity index (χ0) is 103. The molecule has 37 nitrogen and oxygen atoms in total. The number of anilines is 5. The Morgan fingerprint density at radius 2 is 0.707 bits per heavy atom. The van der Waals surface area contributed by atoms with E-state index >= 15 is 0 Å². The first-order chi connectivity index (χ1) is 70.9. The Balaban J connectivity index is 0.000000121. The number of H-pyrrole nitrogens is 10. The van der Waals surface area contributed by atoms with Gasteiger partial charge in [-0.25, -0.2) is 60.0 Å². The number of aromatic amines is 10. The number of aromatic nitrogens is 21. The van der Waals surface area contributed by atoms with E-state index in [1.165, 1.54) is 60.1 Å². The number of pyridine rings is 1. The lowest BCUT2D eigenvalue weighted by Crippen LogP contribution is -2.40. The molecule has 740 valence electrons. The molecule has 1 fully saturated rings. The van der Waals surface area contributed by atoms with Crippen molar-refractivity contribution in [1.29, 1.82) is 0 Å². The summed E-state index contributed by atoms with van der Waals surface area (Å²) in [7, 11) is 7.28. The van der Waals surface area contributed by atoms with Crippen LogP contribution in [0.25, 0.3) is 124 Å². The number of carbonyl (C=O) groups excluding carboxylic acids is 7. The van der Waals surface area contributed by atoms with Crippen molar-refractivity contribution in [2.45, 2.75) is 13.5 Å². The first-order valence-electron chi connectivity index (χ1n) is 44.3. The largest absolute Gasteiger partial charge is 0.378 e. The Hall–Kier alpha value is -18.8. The third kappa shape index (κ3) is 21.6. The van der Waals surface area contributed by atoms with Gasteiger partial charge in [0.15, 0.2) is 29.1 Å². The maximum Gasteiger partial charge on any atom is 0.261 e. The number of ether oxygens (including phenoxy) is 1. The Morgan fingerprint density at radius 3 is 1.10 bits per heavy atom. The molecule has 12 heterocycles. The molecule has 147 heavy (non-hydrogen) atoms. The van der Waals surface area contributed by atoms with Crippen molar-refractivity contribution >= 4 is 159 Å². The zero-order valence-corrected chi connectivity index (χ0v) is 78.7. The van der Waals surface area contributed by atoms with E-state index in [4.69, 9.17) is 27.9 Å². The van der Waals surface area contributed by atoms with E-state index in [2.05, 4.69) is 137 Å². The molecule has 0 atom stereocenters. The van der Waals surface area contributed by atoms with Gasteiger partial charge in [-0.2, -0.15) is 25.5 Å². The second kappa shape index (κ2) is 42.6. The maximum absolute atomic E-state index is 13.9. The Kier molecular flexibility index (Phi) is 28.5. The van der Waals surface area contributed by atoms with Crippen LogP contribution in [0.4, 0.5) is 63.6 Å². The summed E-state index contributed by atoms with van der Waals surface area (Å²) in [6, 6.07) is 47.2. The fourth-order valence-electron chi connectivity index (χ4n) is 15.6. The lowest BCUT2D eigenvalue weighted by Gasteiger charge is -2.26. The van der Waals surface area contributed by atoms with Gasteiger partial charge in [-0.3, -0.25) is 64.0 Å². The molecular weight excluding hydrogens is 1960 g/mol. The second-order valence-electron chi connectivity index (χ2n) is 33.2. The molecule has 0 unspecified atom stereocenters. The first kappa shape index (κ1) is 98.4. The normalized spacial score (nSPS) is 11.8. The average molecular weight is 2040 g/mol. The molecule has 15 N–H and O–H groups in total. The van der Waals surface area contributed by atoms with Crippen LogP contribution in [0.2, 0.25) is 10.0 Å². The quantitative estimate of drug-likeness (QED) is 0.0334. The van der Waals surface area contributed by atoms with Crippen LogP contribution >= 0.6 is 23.2 Å². The number of para-hydroxylation sites is 2. The van der Waals surface area contributed by atoms with Gasteiger partial charge >= 0.3 is 0 Å². The number of nitrogens with zero attached hydrogens (tertiary/aromatic N) is 14. The molecule has 0 aliphatic carbocycles. The van der Waals surface area contributed by atoms with Crippen molar-refractivity contribution in [1.82, 2.24) is 121 Å². The number of morpholine rings is 1. The van der Waals surface area contributed by atoms with Crippen LogP contribution in [-0.4, -0.2) is 216 Å². The highest BCUT2D eigenvalue weighted by Gasteiger charge is 2.30. The van der Waals surface area contributed by atoms with Crippen LogP contribution in [0.5, 0.6) is 0 Å². The number of aryl methyl sites for hydroxylation is 1. The fourth-order valence-corrected chi connectivity index (χ4v) is 16.0. The molecule has 0 bridgehead atoms. The molecule has 0 spiro atoms. The predicted octanol–water partition coefficient (Wildman–Crippen LogP) is 18.5. The summed E-state index contributed by atoms with van der Waals surface area (Å²) in [5, 5.41) is 47.9. The molecule has 47 heteroatoms. The SMILES string of the molecule is CN(C)C(=O)c1ccc2nc(-c3[nH]ncc3NC(=O)c3c(F)cccc3F)[nH]c2c1.CN(C)Cc1ccc2nc(-c3[nH]ncc3NC(=O)c3c(F)cccc3F)[nH]c2c1.Cc1cnc2c(C(=O)Nc3cn[nH]c3-c3nc4ccccc4[nH]3)c(Cl)ccc2c1.O=C(Nc1cn[nH]c1-c1nc2ccc(C(=O)N3CCOCC3)cc2[nH]1)c1c(F)cccc1F.O=C(Nc1cn[nH]c1-c1nc2ccc(Cl)cc2[nH]1)c1c(F)cccc1F. The molecule has 10 aromatic carbocycles. The van der Waals surface area contributed by atoms with Crippen LogP contribution < -0.4 is 26.6 Å². The number of fused-ring (bicyclic) bond motifs is 6. The van der Waals surface area contributed by atoms with E-state index in [0.29, 0.717) is 155 Å². The van der Waals surface area contributed by atoms with Gasteiger partial charge in [-0.1, -0.05) is 71.7 Å². The van der Waals surface area contributed by atoms with Gasteiger partial charge in [0.1, 0.15) is 97.3 Å². The van der Waals surface area contributed by atoms with Crippen LogP contribution in [0, 0.1) is 53.5 Å². The molecule has 1 aliphatic rings. The number of halogens is 10. The van der Waals surface area contributed by atoms with Crippen LogP contribution in [-0.2, 0) is 11.3 Å². The highest BCUT2D eigenvalue weighted by atomic mass is 35.5. The number of hydrogen-bond acceptors (Lipinski definition) is 20. The third-order valence-corrected chi connectivity index (χ3v) is 23.1. The lowest BCUT2D eigenvalue weighted by atomic mass is 10.1. The maximum atomic E-state index is 13.9. The van der Waals surface area contributed by atoms with Crippen molar-refractivity contribution in [2.75, 3.05) is 81.1 Å². The van der Waals surface area contributed by atoms with Crippen molar-refractivity contribution in [2.24, 2.45) is 0 Å². The van der Waals surface area contributed by atoms with Crippen molar-refractivity contribution < 1.29 is 73.4 Å². The van der Waals surface area contributed by atoms with Gasteiger partial charge in [0.05, 0.1) is 144 Å². The van der Waals surface area contributed by atoms with Crippen LogP contribution in [0.1, 0.15) is 83.6 Å². The molecule has 1 aliphatic heterocycles. The van der Waals surface area contributed by atoms with Crippen molar-refractivity contribution in [3.8, 4) is 57.6 Å². The summed E-state index contributed by atoms with van der Waals surface area (Å²) < 4.78 is 116. The Bertz CT molecular complexity index is 8540. The minimum absolute atomic E-state index is 0.0993. The summed E-state index contributed by atoms with van der Waals surface area (Å²) in [5.74, 6) is -9.96. The summed E-state index contributed by atoms with van der Waals surface area (Å²) in [6.07, 6.45) is 8.56. The summed E-state index contributed by atoms with van der Waals surface area (Å²) in [4.78, 5) is 135. The second-order valence-corrected chi connectivity index (χ2v) is 34.1. The monoisotopic (exact) mass is 2030 g/mol. The Morgan fingerprint density at radius 1 is 0.367 bits per heavy atom. The van der Waals surface area contributed by atoms with Gasteiger partial charge in [0, 0.05) is 61.5 Å². The molecule has 0 saturated carbocycles. The standard InChI is InChI=1S/C22H18F2N6O3.C21H15ClN6O.C20H16F2N6O2.C20H18F2N6O.C17H10ClF2N5O/c23-13-2-1-3-14(24)18(13)21(31)28-17-11-25-29-19(17)20-26-15-5-4-12(10-16(15)27-20)22(32)30-6-8-33-9-7-30;1-11-8-12-6-7-13(22)17(18(12)23-9-11)21(29)27-16-10-24-28-19(16)20-25-14-4-2-3-5-15(14)26-20;1-28(2)20(30)10-6-7-13-14(8-10)25-18(24-13)17-15(9-23-27-17)26-19(29)16-11(21)4-3-5-12(16)22;1-28(2)10-11-6-7-14-15(8-11)25-19(24-14)18-16(9-23-27-18)26-20(29)17-12(21)4-3-5-13(17)22;18-8-4-5-11-12(6-8)23-16(22-11)15-13(7-21-25-15)24-17(26)14-9(19)2-1-3-10(14)20/h1-5,10-11H,6-9H2,(H,25,29)(H,26,27)(H,28,31);2-10H,1H3,(H,24,28)(H,25,26)(H,27,29);3-9H,1-2H3,(H,23,27)(H,24,25)(H,26,29);3-9H,10H2,1-2H3,(H,23,27)(H,24,25)(H,26,29);1-7H,(H,21,25)(H,22,23)(H,24,26). The number of carbonyl (C=O) groups is 7. The van der Waals surface area contributed by atoms with Crippen LogP contribution in [0.15, 0.2) is 225 Å². The van der Waals surface area contributed by atoms with Gasteiger partial charge in [-0.15, -0.1) is 0 Å². The highest BCUT2D eigenvalue weighted by molar-refractivity contribution is 6.36. The van der Waals surface area contributed by atoms with E-state index in [-0.39, 0.29) is 40.5 Å². The number of benzene rings is 10. The minimum Gasteiger partial charge on any atom is -0.378 e. The zero-order valence-electron chi connectivity index (χ0n) is 77.2. The van der Waals surface area contributed by atoms with E-state index in [1.54, 1.807) is 85.9 Å². The molecule has 22 rings (SSSR count). The molecular formula is C100H77Cl2F8N29O8. The van der Waals surface area contributed by atoms with Gasteiger partial charge in [-0.05, 0) is 172 Å². The van der Waals surface area contributed by atoms with E-state index < -0.39 is 92.4 Å². The fraction of sp³-hybridized carbons (Fsp3) is 0.100. The average Bonchev–Trinajstić information content (AvgIpc) is 1.77. The summed E-state index contributed by atoms with van der Waals surface area (Å²) in [6.45, 7) is 4.81. The van der Waals surface area contributed by atoms with E-state index in [1.807, 2.05) is 75.6 Å². The highest BCUT2D eigenvalue weighted by Crippen LogP contribution is 2.36. The van der Waals surface area contributed by atoms with E-state index in [9.17, 15) is 68.7 Å². The molecule has 21 aromatic rings. The number of imidazole rings is 5. The van der Waals surface area contributed by atoms with Gasteiger partial charge < -0.3 is 70.9 Å². The topological polar surface area (TPSA) is 498 Å². The number of amides is 7. The molecule has 1 saturated heterocycles. The van der Waals surface area contributed by atoms with Gasteiger partial charge in [0.25, 0.3) is 41.4 Å². The summed E-state index contributed by atoms with van der Waals surface area (Å²) >= 11 is 12.3. The smallest absolute Gasteiger partial charge is 0.261 e. The molecule has 7 amide bonds. The van der Waals surface area contributed by atoms with Gasteiger partial charge in [0.2, 0.25) is 0 Å². The van der Waals surface area contributed by atoms with E-state index in [0.717, 1.165) is 93.7 Å². The van der Waals surface area contributed by atoms with Crippen molar-refractivity contribution in [3.63, 3.8) is 0 Å². The number of hydrogen-bond donors (Lipinski definition) is 15. The molecule has 11 aromatic heterocycles. The minimum atomic E-state index is -0.973. The lowest BCUT2D eigenvalue weighted by molar-refractivity contribution is 0.0303. The van der Waals surface area contributed by atoms with Crippen LogP contribution in [0.3, 0.4) is 0 Å². The number of nitrogens with one attached hydrogen (secondary N) is 15. The molecule has 0 radical (unpaired) electrons. The first-order valence-corrected chi connectivity index (χ1v) is 45.0. The van der Waals surface area contributed by atoms with Crippen molar-refractivity contribution in [3.05, 3.63) is 332 Å². The predicted molar refractivity (Wildman–Crippen MR) is 532 cm³/mol. The Labute approximate surface area is 832 Å². The number of rotatable bonds is 19.